The second kappa shape index (κ2) is 5.82. The molecular weight excluding hydrogens is 347 g/mol. The third kappa shape index (κ3) is 3.19. The summed E-state index contributed by atoms with van der Waals surface area (Å²) in [5, 5.41) is 0.729. The van der Waals surface area contributed by atoms with E-state index in [1.165, 1.54) is 3.57 Å². The summed E-state index contributed by atoms with van der Waals surface area (Å²) < 4.78 is 1.21. The highest BCUT2D eigenvalue weighted by Gasteiger charge is 2.11. The zero-order valence-corrected chi connectivity index (χ0v) is 11.9. The third-order valence-electron chi connectivity index (χ3n) is 2.57. The third-order valence-corrected chi connectivity index (χ3v) is 3.54. The first-order chi connectivity index (χ1) is 8.20. The fraction of sp³-hybridized carbons (Fsp3) is 0.0769. The molecule has 0 aromatic heterocycles. The van der Waals surface area contributed by atoms with Crippen LogP contribution in [0.5, 0.6) is 0 Å². The zero-order valence-electron chi connectivity index (χ0n) is 9.03. The molecule has 0 heterocycles. The molecule has 0 amide bonds. The molecule has 2 aromatic rings. The lowest BCUT2D eigenvalue weighted by Gasteiger charge is -2.17. The summed E-state index contributed by atoms with van der Waals surface area (Å²) in [5.41, 5.74) is 5.06. The second-order valence-electron chi connectivity index (χ2n) is 3.70. The first-order valence-corrected chi connectivity index (χ1v) is 6.63. The van der Waals surface area contributed by atoms with E-state index in [9.17, 15) is 0 Å². The van der Waals surface area contributed by atoms with Crippen molar-refractivity contribution in [1.29, 1.82) is 0 Å². The number of hydrogen-bond acceptors (Lipinski definition) is 2. The lowest BCUT2D eigenvalue weighted by Crippen LogP contribution is -2.28. The zero-order chi connectivity index (χ0) is 12.3. The van der Waals surface area contributed by atoms with E-state index in [-0.39, 0.29) is 6.04 Å². The van der Waals surface area contributed by atoms with Crippen LogP contribution in [-0.2, 0) is 0 Å². The van der Waals surface area contributed by atoms with Gasteiger partial charge in [0.2, 0.25) is 0 Å². The molecule has 0 spiro atoms. The van der Waals surface area contributed by atoms with Crippen LogP contribution in [0, 0.1) is 3.57 Å². The van der Waals surface area contributed by atoms with Crippen molar-refractivity contribution in [3.8, 4) is 0 Å². The molecule has 1 unspecified atom stereocenters. The number of benzene rings is 2. The van der Waals surface area contributed by atoms with Gasteiger partial charge in [-0.05, 0) is 58.0 Å². The smallest absolute Gasteiger partial charge is 0.0710 e. The maximum absolute atomic E-state index is 5.87. The van der Waals surface area contributed by atoms with Gasteiger partial charge in [0.1, 0.15) is 0 Å². The van der Waals surface area contributed by atoms with Crippen molar-refractivity contribution >= 4 is 34.2 Å². The second-order valence-corrected chi connectivity index (χ2v) is 5.38. The summed E-state index contributed by atoms with van der Waals surface area (Å²) in [7, 11) is 0. The Morgan fingerprint density at radius 1 is 0.941 bits per heavy atom. The molecule has 2 aromatic carbocycles. The molecule has 88 valence electrons. The Labute approximate surface area is 119 Å². The molecular formula is C13H12ClIN2. The highest BCUT2D eigenvalue weighted by molar-refractivity contribution is 14.1. The Hall–Kier alpha value is -0.620. The van der Waals surface area contributed by atoms with Gasteiger partial charge in [0, 0.05) is 8.59 Å². The summed E-state index contributed by atoms with van der Waals surface area (Å²) in [6, 6.07) is 16.0. The topological polar surface area (TPSA) is 38.0 Å². The summed E-state index contributed by atoms with van der Waals surface area (Å²) in [5.74, 6) is 5.63. The summed E-state index contributed by atoms with van der Waals surface area (Å²) in [4.78, 5) is 0. The molecule has 0 aliphatic carbocycles. The quantitative estimate of drug-likeness (QED) is 0.501. The van der Waals surface area contributed by atoms with Crippen LogP contribution < -0.4 is 11.3 Å². The van der Waals surface area contributed by atoms with E-state index >= 15 is 0 Å². The normalized spacial score (nSPS) is 12.4. The van der Waals surface area contributed by atoms with Crippen LogP contribution >= 0.6 is 34.2 Å². The van der Waals surface area contributed by atoms with Crippen molar-refractivity contribution in [3.05, 3.63) is 68.3 Å². The number of rotatable bonds is 3. The van der Waals surface area contributed by atoms with Gasteiger partial charge in [0.05, 0.1) is 6.04 Å². The number of nitrogens with one attached hydrogen (secondary N) is 1. The molecule has 2 nitrogen and oxygen atoms in total. The van der Waals surface area contributed by atoms with E-state index in [1.807, 2.05) is 24.3 Å². The molecule has 4 heteroatoms. The molecule has 1 atom stereocenters. The molecule has 0 aliphatic rings. The molecule has 0 saturated carbocycles. The molecule has 0 aliphatic heterocycles. The number of hydrogen-bond donors (Lipinski definition) is 2. The predicted octanol–water partition coefficient (Wildman–Crippen LogP) is 3.50. The molecule has 0 radical (unpaired) electrons. The van der Waals surface area contributed by atoms with Crippen molar-refractivity contribution in [3.63, 3.8) is 0 Å². The fourth-order valence-corrected chi connectivity index (χ4v) is 2.18. The first kappa shape index (κ1) is 12.8. The lowest BCUT2D eigenvalue weighted by molar-refractivity contribution is 0.637. The van der Waals surface area contributed by atoms with Crippen LogP contribution in [-0.4, -0.2) is 0 Å². The van der Waals surface area contributed by atoms with Crippen LogP contribution in [0.4, 0.5) is 0 Å². The van der Waals surface area contributed by atoms with Crippen molar-refractivity contribution in [2.45, 2.75) is 6.04 Å². The first-order valence-electron chi connectivity index (χ1n) is 5.18. The average Bonchev–Trinajstić information content (AvgIpc) is 2.35. The van der Waals surface area contributed by atoms with Gasteiger partial charge in [-0.2, -0.15) is 0 Å². The number of hydrazine groups is 1. The van der Waals surface area contributed by atoms with Gasteiger partial charge in [-0.25, -0.2) is 5.43 Å². The standard InChI is InChI=1S/C13H12ClIN2/c14-11-5-1-9(2-6-11)13(17-16)10-3-7-12(15)8-4-10/h1-8,13,17H,16H2. The summed E-state index contributed by atoms with van der Waals surface area (Å²) in [6.07, 6.45) is 0. The summed E-state index contributed by atoms with van der Waals surface area (Å²) in [6.45, 7) is 0. The van der Waals surface area contributed by atoms with Crippen molar-refractivity contribution in [2.24, 2.45) is 5.84 Å². The minimum Gasteiger partial charge on any atom is -0.271 e. The van der Waals surface area contributed by atoms with E-state index in [2.05, 4.69) is 52.3 Å². The van der Waals surface area contributed by atoms with Gasteiger partial charge in [0.25, 0.3) is 0 Å². The number of halogens is 2. The van der Waals surface area contributed by atoms with E-state index in [1.54, 1.807) is 0 Å². The van der Waals surface area contributed by atoms with E-state index in [4.69, 9.17) is 17.4 Å². The Morgan fingerprint density at radius 3 is 1.88 bits per heavy atom. The van der Waals surface area contributed by atoms with Crippen molar-refractivity contribution in [2.75, 3.05) is 0 Å². The van der Waals surface area contributed by atoms with E-state index in [0.717, 1.165) is 16.1 Å². The van der Waals surface area contributed by atoms with Gasteiger partial charge in [-0.1, -0.05) is 35.9 Å². The number of nitrogens with two attached hydrogens (primary N) is 1. The Morgan fingerprint density at radius 2 is 1.41 bits per heavy atom. The summed E-state index contributed by atoms with van der Waals surface area (Å²) >= 11 is 8.16. The highest BCUT2D eigenvalue weighted by atomic mass is 127. The van der Waals surface area contributed by atoms with E-state index in [0.29, 0.717) is 0 Å². The van der Waals surface area contributed by atoms with Crippen LogP contribution in [0.15, 0.2) is 48.5 Å². The van der Waals surface area contributed by atoms with Crippen LogP contribution in [0.25, 0.3) is 0 Å². The monoisotopic (exact) mass is 358 g/mol. The van der Waals surface area contributed by atoms with Gasteiger partial charge >= 0.3 is 0 Å². The predicted molar refractivity (Wildman–Crippen MR) is 79.8 cm³/mol. The Kier molecular flexibility index (Phi) is 4.39. The van der Waals surface area contributed by atoms with Gasteiger partial charge in [-0.3, -0.25) is 5.84 Å². The molecule has 0 saturated heterocycles. The molecule has 0 fully saturated rings. The lowest BCUT2D eigenvalue weighted by atomic mass is 9.99. The maximum atomic E-state index is 5.87. The average molecular weight is 359 g/mol. The molecule has 2 rings (SSSR count). The Bertz CT molecular complexity index is 436. The molecule has 0 bridgehead atoms. The van der Waals surface area contributed by atoms with Crippen LogP contribution in [0.3, 0.4) is 0 Å². The maximum Gasteiger partial charge on any atom is 0.0710 e. The fourth-order valence-electron chi connectivity index (χ4n) is 1.70. The minimum absolute atomic E-state index is 0.00994. The van der Waals surface area contributed by atoms with Gasteiger partial charge < -0.3 is 0 Å². The highest BCUT2D eigenvalue weighted by Crippen LogP contribution is 2.23. The van der Waals surface area contributed by atoms with Gasteiger partial charge in [-0.15, -0.1) is 0 Å². The van der Waals surface area contributed by atoms with Crippen LogP contribution in [0.2, 0.25) is 5.02 Å². The molecule has 17 heavy (non-hydrogen) atoms. The minimum atomic E-state index is -0.00994. The molecule has 3 N–H and O–H groups in total. The largest absolute Gasteiger partial charge is 0.271 e. The van der Waals surface area contributed by atoms with Crippen molar-refractivity contribution in [1.82, 2.24) is 5.43 Å². The van der Waals surface area contributed by atoms with E-state index < -0.39 is 0 Å². The van der Waals surface area contributed by atoms with Crippen molar-refractivity contribution < 1.29 is 0 Å². The Balaban J connectivity index is 2.33. The van der Waals surface area contributed by atoms with Gasteiger partial charge in [0.15, 0.2) is 0 Å². The SMILES string of the molecule is NNC(c1ccc(Cl)cc1)c1ccc(I)cc1. The van der Waals surface area contributed by atoms with Crippen LogP contribution in [0.1, 0.15) is 17.2 Å².